The van der Waals surface area contributed by atoms with Gasteiger partial charge in [-0.15, -0.1) is 0 Å². The number of hydrogen-bond acceptors (Lipinski definition) is 3. The minimum atomic E-state index is -4.92. The first kappa shape index (κ1) is 22.5. The number of carbonyl (C=O) groups is 1. The lowest BCUT2D eigenvalue weighted by Gasteiger charge is -2.14. The van der Waals surface area contributed by atoms with E-state index in [0.29, 0.717) is 17.9 Å². The zero-order valence-corrected chi connectivity index (χ0v) is 16.7. The number of nitrogens with zero attached hydrogens (tertiary/aromatic N) is 2. The van der Waals surface area contributed by atoms with Crippen LogP contribution in [0.3, 0.4) is 0 Å². The van der Waals surface area contributed by atoms with Gasteiger partial charge in [-0.05, 0) is 29.7 Å². The zero-order chi connectivity index (χ0) is 22.4. The Kier molecular flexibility index (Phi) is 7.06. The lowest BCUT2D eigenvalue weighted by molar-refractivity contribution is -0.143. The topological polar surface area (TPSA) is 56.1 Å². The number of benzene rings is 2. The second-order valence-corrected chi connectivity index (χ2v) is 6.77. The van der Waals surface area contributed by atoms with Crippen LogP contribution in [0, 0.1) is 5.82 Å². The summed E-state index contributed by atoms with van der Waals surface area (Å²) in [6, 6.07) is 12.1. The summed E-state index contributed by atoms with van der Waals surface area (Å²) in [7, 11) is 0. The summed E-state index contributed by atoms with van der Waals surface area (Å²) in [5.41, 5.74) is -0.867. The van der Waals surface area contributed by atoms with Crippen molar-refractivity contribution in [2.75, 3.05) is 6.61 Å². The molecular formula is C22H21F4N3O2. The van der Waals surface area contributed by atoms with E-state index in [-0.39, 0.29) is 6.54 Å². The molecule has 0 spiro atoms. The van der Waals surface area contributed by atoms with Crippen LogP contribution in [0.1, 0.15) is 40.5 Å². The summed E-state index contributed by atoms with van der Waals surface area (Å²) in [6.07, 6.45) is -3.27. The van der Waals surface area contributed by atoms with Crippen LogP contribution < -0.4 is 5.32 Å². The fourth-order valence-electron chi connectivity index (χ4n) is 3.06. The minimum Gasteiger partial charge on any atom is -0.377 e. The second kappa shape index (κ2) is 9.74. The molecule has 0 radical (unpaired) electrons. The highest BCUT2D eigenvalue weighted by atomic mass is 19.4. The molecule has 31 heavy (non-hydrogen) atoms. The highest BCUT2D eigenvalue weighted by Crippen LogP contribution is 2.34. The molecule has 2 aromatic carbocycles. The zero-order valence-electron chi connectivity index (χ0n) is 16.7. The number of ether oxygens (including phenoxy) is 1. The summed E-state index contributed by atoms with van der Waals surface area (Å²) in [5.74, 6) is -1.84. The quantitative estimate of drug-likeness (QED) is 0.405. The van der Waals surface area contributed by atoms with E-state index in [2.05, 4.69) is 10.4 Å². The monoisotopic (exact) mass is 435 g/mol. The first-order valence-electron chi connectivity index (χ1n) is 9.65. The van der Waals surface area contributed by atoms with E-state index in [1.165, 1.54) is 12.1 Å². The largest absolute Gasteiger partial charge is 0.434 e. The number of hydrogen-bond donors (Lipinski definition) is 1. The van der Waals surface area contributed by atoms with Crippen LogP contribution in [-0.4, -0.2) is 22.3 Å². The van der Waals surface area contributed by atoms with Gasteiger partial charge in [0.15, 0.2) is 5.69 Å². The third-order valence-electron chi connectivity index (χ3n) is 4.53. The smallest absolute Gasteiger partial charge is 0.377 e. The molecule has 0 aliphatic carbocycles. The molecule has 0 aliphatic heterocycles. The molecule has 1 heterocycles. The molecule has 164 valence electrons. The summed E-state index contributed by atoms with van der Waals surface area (Å²) in [6.45, 7) is 2.89. The van der Waals surface area contributed by atoms with Gasteiger partial charge in [-0.2, -0.15) is 18.3 Å². The molecule has 1 aromatic heterocycles. The summed E-state index contributed by atoms with van der Waals surface area (Å²) < 4.78 is 61.2. The minimum absolute atomic E-state index is 0.00661. The van der Waals surface area contributed by atoms with Crippen molar-refractivity contribution in [1.82, 2.24) is 15.1 Å². The van der Waals surface area contributed by atoms with Gasteiger partial charge in [0.05, 0.1) is 18.4 Å². The Labute approximate surface area is 176 Å². The molecule has 3 aromatic rings. The molecular weight excluding hydrogens is 414 g/mol. The van der Waals surface area contributed by atoms with Crippen molar-refractivity contribution in [3.05, 3.63) is 82.9 Å². The number of rotatable bonds is 8. The summed E-state index contributed by atoms with van der Waals surface area (Å²) in [5, 5.41) is 6.13. The Morgan fingerprint density at radius 2 is 1.77 bits per heavy atom. The molecule has 9 heteroatoms. The summed E-state index contributed by atoms with van der Waals surface area (Å²) in [4.78, 5) is 12.6. The molecule has 0 unspecified atom stereocenters. The van der Waals surface area contributed by atoms with Crippen LogP contribution in [0.5, 0.6) is 0 Å². The van der Waals surface area contributed by atoms with E-state index < -0.39 is 34.8 Å². The molecule has 0 saturated carbocycles. The van der Waals surface area contributed by atoms with Gasteiger partial charge < -0.3 is 10.1 Å². The SMILES string of the molecule is CCCOCc1ccccc1CNC(=O)c1cnn(-c2ccccc2F)c1C(F)(F)F. The van der Waals surface area contributed by atoms with Crippen LogP contribution in [-0.2, 0) is 24.1 Å². The predicted molar refractivity (Wildman–Crippen MR) is 106 cm³/mol. The number of para-hydroxylation sites is 1. The van der Waals surface area contributed by atoms with Crippen LogP contribution in [0.25, 0.3) is 5.69 Å². The van der Waals surface area contributed by atoms with E-state index in [9.17, 15) is 22.4 Å². The number of nitrogens with one attached hydrogen (secondary N) is 1. The van der Waals surface area contributed by atoms with Crippen molar-refractivity contribution in [2.45, 2.75) is 32.7 Å². The van der Waals surface area contributed by atoms with E-state index in [1.54, 1.807) is 12.1 Å². The fourth-order valence-corrected chi connectivity index (χ4v) is 3.06. The fraction of sp³-hybridized carbons (Fsp3) is 0.273. The molecule has 0 fully saturated rings. The van der Waals surface area contributed by atoms with Crippen molar-refractivity contribution in [3.8, 4) is 5.69 Å². The molecule has 0 saturated heterocycles. The van der Waals surface area contributed by atoms with Gasteiger partial charge in [0, 0.05) is 13.2 Å². The molecule has 1 amide bonds. The van der Waals surface area contributed by atoms with Gasteiger partial charge in [0.25, 0.3) is 5.91 Å². The van der Waals surface area contributed by atoms with E-state index in [0.717, 1.165) is 35.9 Å². The Morgan fingerprint density at radius 1 is 1.10 bits per heavy atom. The first-order chi connectivity index (χ1) is 14.8. The number of aromatic nitrogens is 2. The van der Waals surface area contributed by atoms with Gasteiger partial charge >= 0.3 is 6.18 Å². The predicted octanol–water partition coefficient (Wildman–Crippen LogP) is 4.89. The maximum Gasteiger partial charge on any atom is 0.434 e. The number of alkyl halides is 3. The molecule has 0 atom stereocenters. The van der Waals surface area contributed by atoms with E-state index >= 15 is 0 Å². The average Bonchev–Trinajstić information content (AvgIpc) is 3.19. The maximum absolute atomic E-state index is 14.1. The van der Waals surface area contributed by atoms with E-state index in [4.69, 9.17) is 4.74 Å². The highest BCUT2D eigenvalue weighted by molar-refractivity contribution is 5.95. The highest BCUT2D eigenvalue weighted by Gasteiger charge is 2.41. The van der Waals surface area contributed by atoms with E-state index in [1.807, 2.05) is 19.1 Å². The van der Waals surface area contributed by atoms with Crippen LogP contribution >= 0.6 is 0 Å². The number of amides is 1. The Morgan fingerprint density at radius 3 is 2.45 bits per heavy atom. The third kappa shape index (κ3) is 5.29. The molecule has 0 bridgehead atoms. The Bertz CT molecular complexity index is 1050. The van der Waals surface area contributed by atoms with Crippen LogP contribution in [0.2, 0.25) is 0 Å². The lowest BCUT2D eigenvalue weighted by atomic mass is 10.1. The van der Waals surface area contributed by atoms with Crippen molar-refractivity contribution in [3.63, 3.8) is 0 Å². The molecule has 5 nitrogen and oxygen atoms in total. The standard InChI is InChI=1S/C22H21F4N3O2/c1-2-11-31-14-16-8-4-3-7-15(16)12-27-21(30)17-13-28-29(20(17)22(24,25)26)19-10-6-5-9-18(19)23/h3-10,13H,2,11-12,14H2,1H3,(H,27,30). The van der Waals surface area contributed by atoms with Gasteiger partial charge in [-0.25, -0.2) is 9.07 Å². The Balaban J connectivity index is 1.84. The Hall–Kier alpha value is -3.20. The second-order valence-electron chi connectivity index (χ2n) is 6.77. The van der Waals surface area contributed by atoms with Crippen molar-refractivity contribution >= 4 is 5.91 Å². The van der Waals surface area contributed by atoms with Crippen LogP contribution in [0.4, 0.5) is 17.6 Å². The molecule has 0 aliphatic rings. The molecule has 1 N–H and O–H groups in total. The van der Waals surface area contributed by atoms with Crippen molar-refractivity contribution in [2.24, 2.45) is 0 Å². The third-order valence-corrected chi connectivity index (χ3v) is 4.53. The van der Waals surface area contributed by atoms with Crippen LogP contribution in [0.15, 0.2) is 54.7 Å². The first-order valence-corrected chi connectivity index (χ1v) is 9.65. The average molecular weight is 435 g/mol. The van der Waals surface area contributed by atoms with Crippen molar-refractivity contribution in [1.29, 1.82) is 0 Å². The molecule has 3 rings (SSSR count). The maximum atomic E-state index is 14.1. The number of halogens is 4. The van der Waals surface area contributed by atoms with Gasteiger partial charge in [-0.3, -0.25) is 4.79 Å². The van der Waals surface area contributed by atoms with Gasteiger partial charge in [-0.1, -0.05) is 43.3 Å². The van der Waals surface area contributed by atoms with Gasteiger partial charge in [0.1, 0.15) is 11.5 Å². The number of carbonyl (C=O) groups excluding carboxylic acids is 1. The van der Waals surface area contributed by atoms with Gasteiger partial charge in [0.2, 0.25) is 0 Å². The lowest BCUT2D eigenvalue weighted by Crippen LogP contribution is -2.27. The van der Waals surface area contributed by atoms with Crippen molar-refractivity contribution < 1.29 is 27.1 Å². The summed E-state index contributed by atoms with van der Waals surface area (Å²) >= 11 is 0. The normalized spacial score (nSPS) is 11.5.